The molecule has 2 aromatic carbocycles. The molecule has 4 aromatic rings. The first-order valence-corrected chi connectivity index (χ1v) is 11.4. The maximum atomic E-state index is 13.5. The number of rotatable bonds is 5. The molecule has 11 heteroatoms. The van der Waals surface area contributed by atoms with Crippen LogP contribution in [0.4, 0.5) is 22.0 Å². The van der Waals surface area contributed by atoms with Crippen LogP contribution in [-0.4, -0.2) is 52.0 Å². The van der Waals surface area contributed by atoms with E-state index in [2.05, 4.69) is 32.6 Å². The van der Waals surface area contributed by atoms with Crippen LogP contribution in [0.3, 0.4) is 0 Å². The van der Waals surface area contributed by atoms with E-state index < -0.39 is 6.03 Å². The number of carbonyl (C=O) groups is 2. The van der Waals surface area contributed by atoms with Crippen LogP contribution >= 0.6 is 23.2 Å². The molecule has 4 rings (SSSR count). The van der Waals surface area contributed by atoms with Gasteiger partial charge in [0, 0.05) is 16.3 Å². The maximum absolute atomic E-state index is 13.5. The molecule has 0 fully saturated rings. The zero-order valence-corrected chi connectivity index (χ0v) is 20.9. The fourth-order valence-corrected chi connectivity index (χ4v) is 3.84. The molecule has 0 unspecified atom stereocenters. The average Bonchev–Trinajstić information content (AvgIpc) is 3.20. The van der Waals surface area contributed by atoms with Crippen LogP contribution in [-0.2, 0) is 0 Å². The zero-order valence-electron chi connectivity index (χ0n) is 19.3. The third-order valence-corrected chi connectivity index (χ3v) is 5.55. The van der Waals surface area contributed by atoms with Gasteiger partial charge in [0.1, 0.15) is 17.5 Å². The standard InChI is InChI=1S/C25H21Cl2N7O2/c1-33(2)10-4-7-18-13-19(22-24(28)29-14-30-34(18)22)23(35)15-5-3-6-17(11-15)31-25(36)32-21-9-8-16(26)12-20(21)27/h3,5-6,8-9,11-14H,10H2,1-2H3,(H2,28,29,30)(H2,31,32,36). The molecule has 0 saturated carbocycles. The minimum atomic E-state index is -0.533. The van der Waals surface area contributed by atoms with Crippen molar-refractivity contribution >= 4 is 57.7 Å². The summed E-state index contributed by atoms with van der Waals surface area (Å²) >= 11 is 12.0. The molecule has 0 atom stereocenters. The van der Waals surface area contributed by atoms with E-state index in [1.54, 1.807) is 42.5 Å². The van der Waals surface area contributed by atoms with E-state index in [9.17, 15) is 9.59 Å². The number of urea groups is 1. The third kappa shape index (κ3) is 5.58. The lowest BCUT2D eigenvalue weighted by Crippen LogP contribution is -2.19. The molecule has 0 aliphatic rings. The Kier molecular flexibility index (Phi) is 7.41. The Labute approximate surface area is 217 Å². The predicted molar refractivity (Wildman–Crippen MR) is 142 cm³/mol. The van der Waals surface area contributed by atoms with Gasteiger partial charge in [0.05, 0.1) is 22.8 Å². The second-order valence-electron chi connectivity index (χ2n) is 8.00. The number of ketones is 1. The molecule has 2 amide bonds. The smallest absolute Gasteiger partial charge is 0.323 e. The second-order valence-corrected chi connectivity index (χ2v) is 8.85. The number of nitrogens with one attached hydrogen (secondary N) is 2. The molecule has 0 spiro atoms. The van der Waals surface area contributed by atoms with Gasteiger partial charge in [0.2, 0.25) is 0 Å². The van der Waals surface area contributed by atoms with Gasteiger partial charge in [-0.1, -0.05) is 41.3 Å². The number of fused-ring (bicyclic) bond motifs is 1. The number of hydrogen-bond acceptors (Lipinski definition) is 6. The number of hydrogen-bond donors (Lipinski definition) is 3. The summed E-state index contributed by atoms with van der Waals surface area (Å²) in [5, 5.41) is 10.3. The summed E-state index contributed by atoms with van der Waals surface area (Å²) in [7, 11) is 3.82. The number of nitrogens with zero attached hydrogens (tertiary/aromatic N) is 4. The van der Waals surface area contributed by atoms with E-state index >= 15 is 0 Å². The fourth-order valence-electron chi connectivity index (χ4n) is 3.39. The monoisotopic (exact) mass is 521 g/mol. The van der Waals surface area contributed by atoms with E-state index in [1.165, 1.54) is 16.9 Å². The van der Waals surface area contributed by atoms with Gasteiger partial charge in [-0.15, -0.1) is 0 Å². The number of aromatic nitrogens is 3. The summed E-state index contributed by atoms with van der Waals surface area (Å²) in [6.45, 7) is 0.536. The molecule has 36 heavy (non-hydrogen) atoms. The van der Waals surface area contributed by atoms with Crippen molar-refractivity contribution in [1.82, 2.24) is 19.5 Å². The van der Waals surface area contributed by atoms with E-state index in [0.717, 1.165) is 0 Å². The summed E-state index contributed by atoms with van der Waals surface area (Å²) in [6, 6.07) is 12.4. The van der Waals surface area contributed by atoms with Crippen LogP contribution in [0, 0.1) is 11.8 Å². The molecular formula is C25H21Cl2N7O2. The highest BCUT2D eigenvalue weighted by Crippen LogP contribution is 2.26. The first-order valence-electron chi connectivity index (χ1n) is 10.7. The summed E-state index contributed by atoms with van der Waals surface area (Å²) in [5.74, 6) is 5.90. The largest absolute Gasteiger partial charge is 0.382 e. The van der Waals surface area contributed by atoms with Crippen molar-refractivity contribution < 1.29 is 9.59 Å². The van der Waals surface area contributed by atoms with Crippen molar-refractivity contribution in [3.8, 4) is 11.8 Å². The number of halogens is 2. The summed E-state index contributed by atoms with van der Waals surface area (Å²) in [4.78, 5) is 31.9. The van der Waals surface area contributed by atoms with Crippen LogP contribution in [0.25, 0.3) is 5.52 Å². The van der Waals surface area contributed by atoms with Crippen molar-refractivity contribution in [2.24, 2.45) is 0 Å². The number of carbonyl (C=O) groups excluding carboxylic acids is 2. The van der Waals surface area contributed by atoms with Crippen molar-refractivity contribution in [3.05, 3.63) is 81.7 Å². The van der Waals surface area contributed by atoms with Crippen LogP contribution in [0.1, 0.15) is 21.6 Å². The number of nitrogen functional groups attached to an aromatic ring is 1. The first-order chi connectivity index (χ1) is 17.2. The van der Waals surface area contributed by atoms with Crippen LogP contribution in [0.2, 0.25) is 10.0 Å². The van der Waals surface area contributed by atoms with Gasteiger partial charge in [-0.2, -0.15) is 5.10 Å². The molecule has 182 valence electrons. The Morgan fingerprint density at radius 1 is 1.11 bits per heavy atom. The zero-order chi connectivity index (χ0) is 25.8. The minimum absolute atomic E-state index is 0.155. The average molecular weight is 522 g/mol. The van der Waals surface area contributed by atoms with Gasteiger partial charge in [0.25, 0.3) is 0 Å². The van der Waals surface area contributed by atoms with Gasteiger partial charge >= 0.3 is 6.03 Å². The molecule has 4 N–H and O–H groups in total. The number of benzene rings is 2. The highest BCUT2D eigenvalue weighted by Gasteiger charge is 2.20. The Hall–Kier alpha value is -4.10. The lowest BCUT2D eigenvalue weighted by molar-refractivity contribution is 0.104. The van der Waals surface area contributed by atoms with E-state index in [-0.39, 0.29) is 11.6 Å². The number of amides is 2. The quantitative estimate of drug-likeness (QED) is 0.264. The van der Waals surface area contributed by atoms with E-state index in [1.807, 2.05) is 19.0 Å². The molecular weight excluding hydrogens is 501 g/mol. The molecule has 0 radical (unpaired) electrons. The highest BCUT2D eigenvalue weighted by atomic mass is 35.5. The fraction of sp³-hybridized carbons (Fsp3) is 0.120. The normalized spacial score (nSPS) is 10.7. The SMILES string of the molecule is CN(C)CC#Cc1cc(C(=O)c2cccc(NC(=O)Nc3ccc(Cl)cc3Cl)c2)c2c(N)ncnn12. The van der Waals surface area contributed by atoms with Crippen molar-refractivity contribution in [2.75, 3.05) is 37.0 Å². The predicted octanol–water partition coefficient (Wildman–Crippen LogP) is 4.41. The first kappa shape index (κ1) is 25.0. The molecule has 0 aliphatic carbocycles. The van der Waals surface area contributed by atoms with E-state index in [4.69, 9.17) is 28.9 Å². The van der Waals surface area contributed by atoms with Gasteiger partial charge in [-0.05, 0) is 56.4 Å². The van der Waals surface area contributed by atoms with Gasteiger partial charge in [-0.25, -0.2) is 14.3 Å². The highest BCUT2D eigenvalue weighted by molar-refractivity contribution is 6.36. The van der Waals surface area contributed by atoms with Crippen LogP contribution in [0.5, 0.6) is 0 Å². The summed E-state index contributed by atoms with van der Waals surface area (Å²) in [6.07, 6.45) is 1.31. The van der Waals surface area contributed by atoms with Crippen LogP contribution in [0.15, 0.2) is 54.9 Å². The Bertz CT molecular complexity index is 1540. The molecule has 0 aliphatic heterocycles. The third-order valence-electron chi connectivity index (χ3n) is 5.00. The molecule has 2 aromatic heterocycles. The maximum Gasteiger partial charge on any atom is 0.323 e. The molecule has 2 heterocycles. The van der Waals surface area contributed by atoms with Crippen LogP contribution < -0.4 is 16.4 Å². The number of nitrogens with two attached hydrogens (primary N) is 1. The van der Waals surface area contributed by atoms with Gasteiger partial charge in [0.15, 0.2) is 11.6 Å². The topological polar surface area (TPSA) is 118 Å². The second kappa shape index (κ2) is 10.7. The Morgan fingerprint density at radius 2 is 1.92 bits per heavy atom. The lowest BCUT2D eigenvalue weighted by atomic mass is 10.0. The van der Waals surface area contributed by atoms with E-state index in [0.29, 0.717) is 50.3 Å². The number of anilines is 3. The Morgan fingerprint density at radius 3 is 2.67 bits per heavy atom. The summed E-state index contributed by atoms with van der Waals surface area (Å²) in [5.41, 5.74) is 8.40. The van der Waals surface area contributed by atoms with Gasteiger partial charge in [-0.3, -0.25) is 9.69 Å². The minimum Gasteiger partial charge on any atom is -0.382 e. The molecule has 0 saturated heterocycles. The molecule has 0 bridgehead atoms. The van der Waals surface area contributed by atoms with Crippen molar-refractivity contribution in [2.45, 2.75) is 0 Å². The van der Waals surface area contributed by atoms with Gasteiger partial charge < -0.3 is 16.4 Å². The molecule has 9 nitrogen and oxygen atoms in total. The van der Waals surface area contributed by atoms with Crippen molar-refractivity contribution in [3.63, 3.8) is 0 Å². The van der Waals surface area contributed by atoms with Crippen molar-refractivity contribution in [1.29, 1.82) is 0 Å². The Balaban J connectivity index is 1.60. The lowest BCUT2D eigenvalue weighted by Gasteiger charge is -2.10. The summed E-state index contributed by atoms with van der Waals surface area (Å²) < 4.78 is 1.50.